The van der Waals surface area contributed by atoms with Crippen LogP contribution >= 0.6 is 0 Å². The molecule has 0 aromatic carbocycles. The van der Waals surface area contributed by atoms with E-state index in [1.807, 2.05) is 0 Å². The van der Waals surface area contributed by atoms with Crippen molar-refractivity contribution in [2.75, 3.05) is 0 Å². The third kappa shape index (κ3) is 5.24. The van der Waals surface area contributed by atoms with Gasteiger partial charge < -0.3 is 0 Å². The van der Waals surface area contributed by atoms with E-state index in [-0.39, 0.29) is 0 Å². The quantitative estimate of drug-likeness (QED) is 0.417. The number of hydrogen-bond acceptors (Lipinski definition) is 2. The van der Waals surface area contributed by atoms with Gasteiger partial charge in [0.1, 0.15) is 0 Å². The zero-order chi connectivity index (χ0) is 16.4. The number of hydrogen-bond donors (Lipinski definition) is 0. The number of nitrogens with zero attached hydrogens (tertiary/aromatic N) is 3. The van der Waals surface area contributed by atoms with E-state index >= 15 is 0 Å². The monoisotopic (exact) mass is 415 g/mol. The fourth-order valence-corrected chi connectivity index (χ4v) is 17.7. The molecule has 22 heavy (non-hydrogen) atoms. The summed E-state index contributed by atoms with van der Waals surface area (Å²) in [7, 11) is 0. The second-order valence-electron chi connectivity index (χ2n) is 6.62. The van der Waals surface area contributed by atoms with Crippen LogP contribution in [0.15, 0.2) is 0 Å². The van der Waals surface area contributed by atoms with Crippen molar-refractivity contribution in [3.63, 3.8) is 0 Å². The average molecular weight is 414 g/mol. The van der Waals surface area contributed by atoms with Gasteiger partial charge in [-0.2, -0.15) is 0 Å². The molecule has 1 aromatic rings. The Morgan fingerprint density at radius 3 is 1.32 bits per heavy atom. The molecule has 1 aromatic heterocycles. The standard InChI is InChI=1S/C6H10N3.3C4H9.Sn/c1-3-5-6(4-2)8-9-7-5;3*1-3-4-2;/h3-4H2,1-2H3;3*1,3-4H2,2H3;/q-1;;;;+1. The maximum atomic E-state index is 5.03. The first-order valence-electron chi connectivity index (χ1n) is 9.62. The van der Waals surface area contributed by atoms with Crippen LogP contribution in [0, 0.1) is 0 Å². The number of rotatable bonds is 12. The molecule has 0 spiro atoms. The van der Waals surface area contributed by atoms with Crippen molar-refractivity contribution < 1.29 is 0 Å². The van der Waals surface area contributed by atoms with Crippen LogP contribution in [0.5, 0.6) is 0 Å². The summed E-state index contributed by atoms with van der Waals surface area (Å²) < 4.78 is 6.66. The summed E-state index contributed by atoms with van der Waals surface area (Å²) >= 11 is -2.47. The van der Waals surface area contributed by atoms with Crippen LogP contribution in [0.2, 0.25) is 13.3 Å². The Morgan fingerprint density at radius 2 is 1.05 bits per heavy atom. The van der Waals surface area contributed by atoms with Crippen LogP contribution in [-0.2, 0) is 12.8 Å². The van der Waals surface area contributed by atoms with Crippen molar-refractivity contribution in [1.29, 1.82) is 0 Å². The van der Waals surface area contributed by atoms with Gasteiger partial charge in [-0.15, -0.1) is 0 Å². The normalized spacial score (nSPS) is 12.0. The molecule has 1 heterocycles. The van der Waals surface area contributed by atoms with Gasteiger partial charge in [-0.05, 0) is 0 Å². The summed E-state index contributed by atoms with van der Waals surface area (Å²) in [6.07, 6.45) is 10.1. The van der Waals surface area contributed by atoms with E-state index in [2.05, 4.69) is 37.6 Å². The summed E-state index contributed by atoms with van der Waals surface area (Å²) in [4.78, 5) is 0. The van der Waals surface area contributed by atoms with Gasteiger partial charge in [0.2, 0.25) is 0 Å². The molecule has 0 atom stereocenters. The first kappa shape index (κ1) is 20.0. The Morgan fingerprint density at radius 1 is 0.682 bits per heavy atom. The zero-order valence-corrected chi connectivity index (χ0v) is 18.5. The second kappa shape index (κ2) is 10.7. The molecule has 0 saturated carbocycles. The van der Waals surface area contributed by atoms with Crippen LogP contribution in [0.1, 0.15) is 84.5 Å². The van der Waals surface area contributed by atoms with Crippen molar-refractivity contribution in [3.8, 4) is 0 Å². The predicted molar refractivity (Wildman–Crippen MR) is 99.1 cm³/mol. The van der Waals surface area contributed by atoms with Crippen LogP contribution in [0.25, 0.3) is 0 Å². The summed E-state index contributed by atoms with van der Waals surface area (Å²) in [5.41, 5.74) is 2.51. The van der Waals surface area contributed by atoms with Gasteiger partial charge in [-0.25, -0.2) is 0 Å². The molecule has 128 valence electrons. The van der Waals surface area contributed by atoms with Gasteiger partial charge in [-0.3, -0.25) is 0 Å². The van der Waals surface area contributed by atoms with Gasteiger partial charge >= 0.3 is 143 Å². The molecule has 0 saturated heterocycles. The first-order valence-corrected chi connectivity index (χ1v) is 17.0. The van der Waals surface area contributed by atoms with Crippen LogP contribution < -0.4 is 0 Å². The van der Waals surface area contributed by atoms with Crippen molar-refractivity contribution in [2.24, 2.45) is 0 Å². The number of unbranched alkanes of at least 4 members (excludes halogenated alkanes) is 3. The Bertz CT molecular complexity index is 371. The Kier molecular flexibility index (Phi) is 9.69. The summed E-state index contributed by atoms with van der Waals surface area (Å²) in [6.45, 7) is 11.4. The van der Waals surface area contributed by atoms with E-state index in [1.165, 1.54) is 63.2 Å². The van der Waals surface area contributed by atoms with Gasteiger partial charge in [0, 0.05) is 0 Å². The van der Waals surface area contributed by atoms with Crippen LogP contribution in [0.3, 0.4) is 0 Å². The van der Waals surface area contributed by atoms with Crippen molar-refractivity contribution in [3.05, 3.63) is 11.4 Å². The van der Waals surface area contributed by atoms with Crippen molar-refractivity contribution in [1.82, 2.24) is 13.2 Å². The van der Waals surface area contributed by atoms with Gasteiger partial charge in [0.05, 0.1) is 0 Å². The van der Waals surface area contributed by atoms with E-state index in [0.717, 1.165) is 12.8 Å². The third-order valence-corrected chi connectivity index (χ3v) is 18.8. The molecular formula is C18H37N3Sn. The Hall–Kier alpha value is -0.0613. The fraction of sp³-hybridized carbons (Fsp3) is 0.889. The molecule has 0 radical (unpaired) electrons. The van der Waals surface area contributed by atoms with E-state index in [4.69, 9.17) is 10.2 Å². The molecule has 0 unspecified atom stereocenters. The average Bonchev–Trinajstić information content (AvgIpc) is 2.98. The molecule has 0 bridgehead atoms. The van der Waals surface area contributed by atoms with Crippen molar-refractivity contribution in [2.45, 2.75) is 99.3 Å². The topological polar surface area (TPSA) is 30.7 Å². The molecule has 0 aliphatic rings. The van der Waals surface area contributed by atoms with E-state index in [1.54, 1.807) is 0 Å². The van der Waals surface area contributed by atoms with Crippen molar-refractivity contribution >= 4 is 18.7 Å². The molecule has 4 heteroatoms. The molecule has 1 rings (SSSR count). The summed E-state index contributed by atoms with van der Waals surface area (Å²) in [5, 5.41) is 10.1. The summed E-state index contributed by atoms with van der Waals surface area (Å²) in [5.74, 6) is 0. The second-order valence-corrected chi connectivity index (χ2v) is 19.0. The molecule has 0 N–H and O–H groups in total. The molecule has 0 amide bonds. The Labute approximate surface area is 142 Å². The molecule has 0 fully saturated rings. The predicted octanol–water partition coefficient (Wildman–Crippen LogP) is 5.60. The van der Waals surface area contributed by atoms with E-state index < -0.39 is 18.7 Å². The Balaban J connectivity index is 3.15. The minimum absolute atomic E-state index is 1.03. The molecule has 0 aliphatic heterocycles. The maximum absolute atomic E-state index is 5.03. The first-order chi connectivity index (χ1) is 10.7. The number of aromatic nitrogens is 3. The van der Waals surface area contributed by atoms with Crippen LogP contribution in [-0.4, -0.2) is 31.9 Å². The molecule has 3 nitrogen and oxygen atoms in total. The van der Waals surface area contributed by atoms with Gasteiger partial charge in [0.15, 0.2) is 0 Å². The van der Waals surface area contributed by atoms with Crippen LogP contribution in [0.4, 0.5) is 0 Å². The molecular weight excluding hydrogens is 377 g/mol. The SMILES string of the molecule is CCC[CH2][Sn]([CH2]CCC)([CH2]CCC)[n]1nc(CC)c(CC)n1. The minimum atomic E-state index is -2.47. The molecule has 0 aliphatic carbocycles. The third-order valence-electron chi connectivity index (χ3n) is 4.85. The zero-order valence-electron chi connectivity index (χ0n) is 15.6. The van der Waals surface area contributed by atoms with E-state index in [0.29, 0.717) is 0 Å². The van der Waals surface area contributed by atoms with Gasteiger partial charge in [-0.1, -0.05) is 0 Å². The van der Waals surface area contributed by atoms with Gasteiger partial charge in [0.25, 0.3) is 0 Å². The summed E-state index contributed by atoms with van der Waals surface area (Å²) in [6, 6.07) is 0. The fourth-order valence-electron chi connectivity index (χ4n) is 3.32. The number of aryl methyl sites for hydroxylation is 2. The van der Waals surface area contributed by atoms with E-state index in [9.17, 15) is 0 Å².